The zero-order valence-electron chi connectivity index (χ0n) is 14.2. The fourth-order valence-electron chi connectivity index (χ4n) is 2.29. The lowest BCUT2D eigenvalue weighted by Gasteiger charge is -2.22. The lowest BCUT2D eigenvalue weighted by atomic mass is 10.2. The van der Waals surface area contributed by atoms with Crippen LogP contribution in [0, 0.1) is 18.3 Å². The third kappa shape index (κ3) is 4.98. The number of hydrogen-bond acceptors (Lipinski definition) is 5. The van der Waals surface area contributed by atoms with Gasteiger partial charge in [-0.15, -0.1) is 0 Å². The van der Waals surface area contributed by atoms with Crippen molar-refractivity contribution in [3.05, 3.63) is 58.6 Å². The van der Waals surface area contributed by atoms with E-state index in [-0.39, 0.29) is 24.2 Å². The summed E-state index contributed by atoms with van der Waals surface area (Å²) >= 11 is 5.80. The summed E-state index contributed by atoms with van der Waals surface area (Å²) in [6.45, 7) is 1.68. The summed E-state index contributed by atoms with van der Waals surface area (Å²) in [5.41, 5.74) is 7.74. The van der Waals surface area contributed by atoms with Crippen LogP contribution in [0.4, 0.5) is 11.4 Å². The number of carbonyl (C=O) groups excluding carboxylic acids is 2. The van der Waals surface area contributed by atoms with E-state index in [0.717, 1.165) is 5.56 Å². The van der Waals surface area contributed by atoms with Crippen molar-refractivity contribution in [3.8, 4) is 6.07 Å². The molecule has 0 fully saturated rings. The maximum atomic E-state index is 12.5. The minimum atomic E-state index is -0.711. The summed E-state index contributed by atoms with van der Waals surface area (Å²) in [6.07, 6.45) is 0.164. The molecular weight excluding hydrogens is 354 g/mol. The highest BCUT2D eigenvalue weighted by molar-refractivity contribution is 6.31. The molecule has 134 valence electrons. The minimum Gasteiger partial charge on any atom is -0.452 e. The smallest absolute Gasteiger partial charge is 0.340 e. The van der Waals surface area contributed by atoms with Crippen molar-refractivity contribution in [3.63, 3.8) is 0 Å². The number of esters is 1. The van der Waals surface area contributed by atoms with E-state index in [1.807, 2.05) is 25.1 Å². The van der Waals surface area contributed by atoms with Crippen molar-refractivity contribution in [2.75, 3.05) is 23.8 Å². The monoisotopic (exact) mass is 371 g/mol. The SMILES string of the molecule is Cc1ccc(N(CCC#N)C(=O)COC(=O)c2ccc(Cl)cc2N)cc1. The molecule has 0 heterocycles. The quantitative estimate of drug-likeness (QED) is 0.620. The van der Waals surface area contributed by atoms with Crippen LogP contribution in [-0.4, -0.2) is 25.0 Å². The number of carbonyl (C=O) groups is 2. The number of hydrogen-bond donors (Lipinski definition) is 1. The molecular formula is C19H18ClN3O3. The summed E-state index contributed by atoms with van der Waals surface area (Å²) in [6, 6.07) is 13.7. The first-order chi connectivity index (χ1) is 12.4. The average Bonchev–Trinajstić information content (AvgIpc) is 2.61. The van der Waals surface area contributed by atoms with Gasteiger partial charge in [0.2, 0.25) is 0 Å². The second kappa shape index (κ2) is 8.88. The number of nitrogens with zero attached hydrogens (tertiary/aromatic N) is 2. The summed E-state index contributed by atoms with van der Waals surface area (Å²) in [5, 5.41) is 9.21. The summed E-state index contributed by atoms with van der Waals surface area (Å²) < 4.78 is 5.08. The third-order valence-electron chi connectivity index (χ3n) is 3.65. The van der Waals surface area contributed by atoms with E-state index in [0.29, 0.717) is 10.7 Å². The number of nitrogens with two attached hydrogens (primary N) is 1. The maximum Gasteiger partial charge on any atom is 0.340 e. The predicted molar refractivity (Wildman–Crippen MR) is 99.9 cm³/mol. The van der Waals surface area contributed by atoms with Crippen LogP contribution >= 0.6 is 11.6 Å². The van der Waals surface area contributed by atoms with Crippen LogP contribution < -0.4 is 10.6 Å². The molecule has 0 unspecified atom stereocenters. The molecule has 26 heavy (non-hydrogen) atoms. The Balaban J connectivity index is 2.07. The number of ether oxygens (including phenoxy) is 1. The molecule has 2 aromatic carbocycles. The number of anilines is 2. The third-order valence-corrected chi connectivity index (χ3v) is 3.89. The summed E-state index contributed by atoms with van der Waals surface area (Å²) in [4.78, 5) is 26.0. The van der Waals surface area contributed by atoms with Gasteiger partial charge in [-0.3, -0.25) is 4.79 Å². The van der Waals surface area contributed by atoms with Gasteiger partial charge in [-0.2, -0.15) is 5.26 Å². The van der Waals surface area contributed by atoms with Crippen LogP contribution in [0.25, 0.3) is 0 Å². The Morgan fingerprint density at radius 2 is 1.92 bits per heavy atom. The Kier molecular flexibility index (Phi) is 6.59. The summed E-state index contributed by atoms with van der Waals surface area (Å²) in [7, 11) is 0. The second-order valence-electron chi connectivity index (χ2n) is 5.60. The van der Waals surface area contributed by atoms with Gasteiger partial charge in [0, 0.05) is 22.9 Å². The Bertz CT molecular complexity index is 844. The van der Waals surface area contributed by atoms with Gasteiger partial charge in [0.05, 0.1) is 18.1 Å². The molecule has 0 saturated heterocycles. The van der Waals surface area contributed by atoms with Gasteiger partial charge < -0.3 is 15.4 Å². The molecule has 0 bridgehead atoms. The second-order valence-corrected chi connectivity index (χ2v) is 6.03. The lowest BCUT2D eigenvalue weighted by Crippen LogP contribution is -2.35. The van der Waals surface area contributed by atoms with Gasteiger partial charge in [0.25, 0.3) is 5.91 Å². The molecule has 0 aliphatic carbocycles. The van der Waals surface area contributed by atoms with Gasteiger partial charge in [-0.05, 0) is 37.3 Å². The van der Waals surface area contributed by atoms with Crippen LogP contribution in [0.2, 0.25) is 5.02 Å². The number of aryl methyl sites for hydroxylation is 1. The first-order valence-corrected chi connectivity index (χ1v) is 8.26. The van der Waals surface area contributed by atoms with Crippen molar-refractivity contribution in [2.24, 2.45) is 0 Å². The number of rotatable bonds is 6. The molecule has 0 aromatic heterocycles. The molecule has 0 aliphatic heterocycles. The van der Waals surface area contributed by atoms with Crippen LogP contribution in [0.5, 0.6) is 0 Å². The van der Waals surface area contributed by atoms with Gasteiger partial charge in [-0.25, -0.2) is 4.79 Å². The average molecular weight is 372 g/mol. The van der Waals surface area contributed by atoms with E-state index in [4.69, 9.17) is 27.3 Å². The van der Waals surface area contributed by atoms with E-state index in [9.17, 15) is 9.59 Å². The molecule has 0 saturated carbocycles. The van der Waals surface area contributed by atoms with Crippen molar-refractivity contribution in [1.29, 1.82) is 5.26 Å². The van der Waals surface area contributed by atoms with E-state index < -0.39 is 18.5 Å². The highest BCUT2D eigenvalue weighted by atomic mass is 35.5. The first kappa shape index (κ1) is 19.3. The molecule has 2 aromatic rings. The van der Waals surface area contributed by atoms with E-state index in [1.54, 1.807) is 12.1 Å². The number of nitrogen functional groups attached to an aromatic ring is 1. The molecule has 6 nitrogen and oxygen atoms in total. The molecule has 0 aliphatic rings. The molecule has 1 amide bonds. The Morgan fingerprint density at radius 1 is 1.23 bits per heavy atom. The predicted octanol–water partition coefficient (Wildman–Crippen LogP) is 3.33. The highest BCUT2D eigenvalue weighted by Gasteiger charge is 2.19. The van der Waals surface area contributed by atoms with Crippen molar-refractivity contribution >= 4 is 34.9 Å². The van der Waals surface area contributed by atoms with Crippen molar-refractivity contribution in [2.45, 2.75) is 13.3 Å². The first-order valence-electron chi connectivity index (χ1n) is 7.88. The minimum absolute atomic E-state index is 0.140. The zero-order valence-corrected chi connectivity index (χ0v) is 15.0. The van der Waals surface area contributed by atoms with Crippen molar-refractivity contribution < 1.29 is 14.3 Å². The Labute approximate surface area is 156 Å². The van der Waals surface area contributed by atoms with E-state index in [2.05, 4.69) is 0 Å². The van der Waals surface area contributed by atoms with E-state index in [1.165, 1.54) is 23.1 Å². The molecule has 2 rings (SSSR count). The van der Waals surface area contributed by atoms with Crippen molar-refractivity contribution in [1.82, 2.24) is 0 Å². The molecule has 7 heteroatoms. The van der Waals surface area contributed by atoms with Crippen LogP contribution in [0.15, 0.2) is 42.5 Å². The fourth-order valence-corrected chi connectivity index (χ4v) is 2.47. The van der Waals surface area contributed by atoms with Gasteiger partial charge in [-0.1, -0.05) is 29.3 Å². The number of benzene rings is 2. The number of amides is 1. The maximum absolute atomic E-state index is 12.5. The normalized spacial score (nSPS) is 10.0. The Hall–Kier alpha value is -3.04. The number of nitriles is 1. The summed E-state index contributed by atoms with van der Waals surface area (Å²) in [5.74, 6) is -1.14. The highest BCUT2D eigenvalue weighted by Crippen LogP contribution is 2.19. The van der Waals surface area contributed by atoms with Gasteiger partial charge in [0.1, 0.15) is 0 Å². The lowest BCUT2D eigenvalue weighted by molar-refractivity contribution is -0.121. The van der Waals surface area contributed by atoms with Crippen LogP contribution in [-0.2, 0) is 9.53 Å². The van der Waals surface area contributed by atoms with Gasteiger partial charge >= 0.3 is 5.97 Å². The van der Waals surface area contributed by atoms with Gasteiger partial charge in [0.15, 0.2) is 6.61 Å². The molecule has 0 spiro atoms. The standard InChI is InChI=1S/C19H18ClN3O3/c1-13-3-6-15(7-4-13)23(10-2-9-21)18(24)12-26-19(25)16-8-5-14(20)11-17(16)22/h3-8,11H,2,10,12,22H2,1H3. The Morgan fingerprint density at radius 3 is 2.54 bits per heavy atom. The van der Waals surface area contributed by atoms with Crippen LogP contribution in [0.3, 0.4) is 0 Å². The largest absolute Gasteiger partial charge is 0.452 e. The van der Waals surface area contributed by atoms with Crippen LogP contribution in [0.1, 0.15) is 22.3 Å². The molecule has 0 atom stereocenters. The molecule has 2 N–H and O–H groups in total. The topological polar surface area (TPSA) is 96.4 Å². The number of halogens is 1. The fraction of sp³-hybridized carbons (Fsp3) is 0.211. The zero-order chi connectivity index (χ0) is 19.1. The molecule has 0 radical (unpaired) electrons. The van der Waals surface area contributed by atoms with E-state index >= 15 is 0 Å².